The van der Waals surface area contributed by atoms with E-state index in [4.69, 9.17) is 0 Å². The Labute approximate surface area is 163 Å². The van der Waals surface area contributed by atoms with Crippen LogP contribution in [-0.2, 0) is 11.2 Å². The molecule has 0 spiro atoms. The number of carbonyl (C=O) groups is 2. The Morgan fingerprint density at radius 2 is 1.75 bits per heavy atom. The molecule has 1 aliphatic rings. The van der Waals surface area contributed by atoms with Gasteiger partial charge < -0.3 is 15.5 Å². The van der Waals surface area contributed by atoms with Gasteiger partial charge in [-0.25, -0.2) is 4.98 Å². The molecule has 0 radical (unpaired) electrons. The van der Waals surface area contributed by atoms with Crippen molar-refractivity contribution >= 4 is 34.6 Å². The van der Waals surface area contributed by atoms with Crippen molar-refractivity contribution in [3.05, 3.63) is 78.1 Å². The minimum atomic E-state index is -0.298. The normalized spacial score (nSPS) is 12.4. The number of aromatic nitrogens is 1. The number of rotatable bonds is 4. The van der Waals surface area contributed by atoms with Gasteiger partial charge in [-0.15, -0.1) is 0 Å². The molecule has 3 aromatic rings. The molecule has 0 saturated heterocycles. The molecule has 2 heterocycles. The molecule has 0 aliphatic carbocycles. The average molecular weight is 372 g/mol. The Morgan fingerprint density at radius 3 is 2.50 bits per heavy atom. The van der Waals surface area contributed by atoms with E-state index in [-0.39, 0.29) is 11.8 Å². The zero-order valence-electron chi connectivity index (χ0n) is 15.5. The smallest absolute Gasteiger partial charge is 0.274 e. The number of para-hydroxylation sites is 1. The van der Waals surface area contributed by atoms with Gasteiger partial charge in [-0.05, 0) is 48.4 Å². The van der Waals surface area contributed by atoms with E-state index < -0.39 is 0 Å². The molecule has 0 fully saturated rings. The standard InChI is InChI=1S/C22H20N4O2/c1-15(27)24-17-6-4-7-18(13-17)25-22(28)20-10-9-19(14-23-20)26-12-11-16-5-2-3-8-21(16)26/h2-10,13-14H,11-12H2,1H3,(H,24,27)(H,25,28). The maximum Gasteiger partial charge on any atom is 0.274 e. The maximum atomic E-state index is 12.5. The summed E-state index contributed by atoms with van der Waals surface area (Å²) < 4.78 is 0. The van der Waals surface area contributed by atoms with Crippen molar-refractivity contribution in [2.24, 2.45) is 0 Å². The van der Waals surface area contributed by atoms with E-state index in [1.165, 1.54) is 18.2 Å². The van der Waals surface area contributed by atoms with Crippen LogP contribution in [0.25, 0.3) is 0 Å². The van der Waals surface area contributed by atoms with Gasteiger partial charge in [-0.3, -0.25) is 9.59 Å². The molecular weight excluding hydrogens is 352 g/mol. The highest BCUT2D eigenvalue weighted by molar-refractivity contribution is 6.03. The van der Waals surface area contributed by atoms with Crippen LogP contribution in [-0.4, -0.2) is 23.3 Å². The van der Waals surface area contributed by atoms with Crippen molar-refractivity contribution in [1.29, 1.82) is 0 Å². The molecule has 4 rings (SSSR count). The van der Waals surface area contributed by atoms with Crippen molar-refractivity contribution in [2.45, 2.75) is 13.3 Å². The number of fused-ring (bicyclic) bond motifs is 1. The Hall–Kier alpha value is -3.67. The second-order valence-corrected chi connectivity index (χ2v) is 6.65. The number of benzene rings is 2. The van der Waals surface area contributed by atoms with Crippen molar-refractivity contribution < 1.29 is 9.59 Å². The summed E-state index contributed by atoms with van der Waals surface area (Å²) in [5.74, 6) is -0.461. The molecule has 140 valence electrons. The van der Waals surface area contributed by atoms with E-state index in [1.54, 1.807) is 36.5 Å². The minimum absolute atomic E-state index is 0.163. The third kappa shape index (κ3) is 3.71. The van der Waals surface area contributed by atoms with Gasteiger partial charge >= 0.3 is 0 Å². The molecule has 0 unspecified atom stereocenters. The molecule has 2 amide bonds. The van der Waals surface area contributed by atoms with E-state index in [0.717, 1.165) is 18.7 Å². The Kier molecular flexibility index (Phi) is 4.76. The lowest BCUT2D eigenvalue weighted by Crippen LogP contribution is -2.16. The summed E-state index contributed by atoms with van der Waals surface area (Å²) in [6.07, 6.45) is 2.73. The van der Waals surface area contributed by atoms with E-state index in [2.05, 4.69) is 38.7 Å². The summed E-state index contributed by atoms with van der Waals surface area (Å²) in [4.78, 5) is 30.2. The molecule has 0 bridgehead atoms. The van der Waals surface area contributed by atoms with Crippen LogP contribution in [0.2, 0.25) is 0 Å². The molecular formula is C22H20N4O2. The molecule has 1 aromatic heterocycles. The van der Waals surface area contributed by atoms with Crippen LogP contribution in [0.15, 0.2) is 66.9 Å². The number of nitrogens with one attached hydrogen (secondary N) is 2. The molecule has 0 saturated carbocycles. The van der Waals surface area contributed by atoms with Crippen molar-refractivity contribution in [3.63, 3.8) is 0 Å². The molecule has 0 atom stereocenters. The van der Waals surface area contributed by atoms with Gasteiger partial charge in [0.05, 0.1) is 11.9 Å². The third-order valence-electron chi connectivity index (χ3n) is 4.62. The Balaban J connectivity index is 1.47. The van der Waals surface area contributed by atoms with Crippen LogP contribution in [0, 0.1) is 0 Å². The summed E-state index contributed by atoms with van der Waals surface area (Å²) >= 11 is 0. The lowest BCUT2D eigenvalue weighted by molar-refractivity contribution is -0.114. The van der Waals surface area contributed by atoms with Crippen LogP contribution in [0.5, 0.6) is 0 Å². The fourth-order valence-electron chi connectivity index (χ4n) is 3.36. The fraction of sp³-hybridized carbons (Fsp3) is 0.136. The van der Waals surface area contributed by atoms with Crippen molar-refractivity contribution in [2.75, 3.05) is 22.1 Å². The number of anilines is 4. The fourth-order valence-corrected chi connectivity index (χ4v) is 3.36. The quantitative estimate of drug-likeness (QED) is 0.726. The van der Waals surface area contributed by atoms with Gasteiger partial charge in [-0.1, -0.05) is 24.3 Å². The van der Waals surface area contributed by atoms with Crippen LogP contribution in [0.1, 0.15) is 23.0 Å². The van der Waals surface area contributed by atoms with Crippen molar-refractivity contribution in [1.82, 2.24) is 4.98 Å². The number of amides is 2. The molecule has 2 aromatic carbocycles. The number of hydrogen-bond acceptors (Lipinski definition) is 4. The summed E-state index contributed by atoms with van der Waals surface area (Å²) in [5.41, 5.74) is 5.03. The molecule has 6 heteroatoms. The average Bonchev–Trinajstić information content (AvgIpc) is 3.12. The lowest BCUT2D eigenvalue weighted by Gasteiger charge is -2.19. The summed E-state index contributed by atoms with van der Waals surface area (Å²) in [6.45, 7) is 2.35. The summed E-state index contributed by atoms with van der Waals surface area (Å²) in [7, 11) is 0. The zero-order chi connectivity index (χ0) is 19.5. The summed E-state index contributed by atoms with van der Waals surface area (Å²) in [5, 5.41) is 5.50. The highest BCUT2D eigenvalue weighted by Crippen LogP contribution is 2.33. The first-order chi connectivity index (χ1) is 13.6. The van der Waals surface area contributed by atoms with E-state index >= 15 is 0 Å². The third-order valence-corrected chi connectivity index (χ3v) is 4.62. The molecule has 2 N–H and O–H groups in total. The van der Waals surface area contributed by atoms with Gasteiger partial charge in [0.15, 0.2) is 0 Å². The first-order valence-electron chi connectivity index (χ1n) is 9.11. The van der Waals surface area contributed by atoms with E-state index in [1.807, 2.05) is 12.1 Å². The topological polar surface area (TPSA) is 74.3 Å². The summed E-state index contributed by atoms with van der Waals surface area (Å²) in [6, 6.07) is 19.0. The first-order valence-corrected chi connectivity index (χ1v) is 9.11. The number of pyridine rings is 1. The van der Waals surface area contributed by atoms with E-state index in [9.17, 15) is 9.59 Å². The molecule has 28 heavy (non-hydrogen) atoms. The first kappa shape index (κ1) is 17.7. The highest BCUT2D eigenvalue weighted by atomic mass is 16.2. The number of hydrogen-bond donors (Lipinski definition) is 2. The Morgan fingerprint density at radius 1 is 0.964 bits per heavy atom. The van der Waals surface area contributed by atoms with E-state index in [0.29, 0.717) is 17.1 Å². The van der Waals surface area contributed by atoms with Crippen LogP contribution >= 0.6 is 0 Å². The largest absolute Gasteiger partial charge is 0.340 e. The van der Waals surface area contributed by atoms with Gasteiger partial charge in [0, 0.05) is 30.5 Å². The predicted molar refractivity (Wildman–Crippen MR) is 110 cm³/mol. The second kappa shape index (κ2) is 7.52. The van der Waals surface area contributed by atoms with Crippen LogP contribution in [0.3, 0.4) is 0 Å². The second-order valence-electron chi connectivity index (χ2n) is 6.65. The van der Waals surface area contributed by atoms with Crippen LogP contribution < -0.4 is 15.5 Å². The van der Waals surface area contributed by atoms with Crippen molar-refractivity contribution in [3.8, 4) is 0 Å². The zero-order valence-corrected chi connectivity index (χ0v) is 15.5. The predicted octanol–water partition coefficient (Wildman–Crippen LogP) is 3.99. The monoisotopic (exact) mass is 372 g/mol. The van der Waals surface area contributed by atoms with Gasteiger partial charge in [0.2, 0.25) is 5.91 Å². The lowest BCUT2D eigenvalue weighted by atomic mass is 10.2. The minimum Gasteiger partial charge on any atom is -0.340 e. The van der Waals surface area contributed by atoms with Crippen LogP contribution in [0.4, 0.5) is 22.7 Å². The highest BCUT2D eigenvalue weighted by Gasteiger charge is 2.20. The Bertz CT molecular complexity index is 1030. The number of carbonyl (C=O) groups excluding carboxylic acids is 2. The molecule has 6 nitrogen and oxygen atoms in total. The van der Waals surface area contributed by atoms with Gasteiger partial charge in [-0.2, -0.15) is 0 Å². The SMILES string of the molecule is CC(=O)Nc1cccc(NC(=O)c2ccc(N3CCc4ccccc43)cn2)c1. The number of nitrogens with zero attached hydrogens (tertiary/aromatic N) is 2. The van der Waals surface area contributed by atoms with Gasteiger partial charge in [0.25, 0.3) is 5.91 Å². The molecule has 1 aliphatic heterocycles. The van der Waals surface area contributed by atoms with Gasteiger partial charge in [0.1, 0.15) is 5.69 Å². The maximum absolute atomic E-state index is 12.5.